The summed E-state index contributed by atoms with van der Waals surface area (Å²) in [5.41, 5.74) is 0. The number of nitrogens with one attached hydrogen (secondary N) is 7. The zero-order chi connectivity index (χ0) is 72.6. The minimum atomic E-state index is -2.42. The molecule has 0 aliphatic carbocycles. The Balaban J connectivity index is 0.997. The molecule has 99 heavy (non-hydrogen) atoms. The molecule has 17 unspecified atom stereocenters. The summed E-state index contributed by atoms with van der Waals surface area (Å²) >= 11 is 1.68. The molecular weight excluding hydrogens is 1360 g/mol. The molecule has 8 aliphatic rings. The number of ether oxygens (including phenoxy) is 11. The number of urea groups is 1. The minimum absolute atomic E-state index is 0.00846. The van der Waals surface area contributed by atoms with Crippen LogP contribution in [0.4, 0.5) is 4.79 Å². The fraction of sp³-hybridized carbons (Fsp3) is 0.875. The molecule has 566 valence electrons. The van der Waals surface area contributed by atoms with Crippen molar-refractivity contribution in [3.8, 4) is 0 Å². The molecule has 34 atom stereocenters. The van der Waals surface area contributed by atoms with E-state index in [1.807, 2.05) is 0 Å². The zero-order valence-electron chi connectivity index (χ0n) is 53.5. The zero-order valence-corrected chi connectivity index (χ0v) is 54.3. The van der Waals surface area contributed by atoms with Crippen LogP contribution >= 0.6 is 11.8 Å². The predicted octanol–water partition coefficient (Wildman–Crippen LogP) is -13.9. The standard InChI is InChI=1S/C56H91N7O35S/c1-16(69)57-31-39(79)45(24(12-67)89-49(31)62-29(73)8-19(50(85)86)60-28(72)7-5-4-6-27-30-20(15-99-27)61-56(87)63-30)95-52-33(59-18(3)71)40(80)46(25(13-68)93-52)96-54-44(84)47(37(77)26(94-54)14-88-53-43(83)41(81)35(75)22(10-65)91-53)97-55-48(42(82)36(76)23(11-66)92-55)98-51-32(58-17(2)70)38(78)34(74)21(9-64)90-51/h19-27,30-49,51-55,64-68,74-84H,4-15H2,1-3H3,(H,57,69)(H,58,70)(H,59,71)(H,60,72)(H,62,73)(H,85,86)(H2,61,63,87)/t19?,20?,21?,22?,23?,24?,25?,26?,27?,30?,31?,32?,33?,34-,35-,36-,37-,38-,39-,40-,41+,42?,43?,44?,45-,46-,47+,48?,49-,51+,52+,53+,54+,55-/m1/s1. The first kappa shape index (κ1) is 80.1. The lowest BCUT2D eigenvalue weighted by Crippen LogP contribution is -2.71. The van der Waals surface area contributed by atoms with E-state index in [9.17, 15) is 120 Å². The first-order chi connectivity index (χ1) is 46.9. The second-order valence-electron chi connectivity index (χ2n) is 25.1. The smallest absolute Gasteiger partial charge is 0.326 e. The molecule has 0 aromatic heterocycles. The molecular formula is C56H91N7O35S. The molecule has 8 aliphatic heterocycles. The van der Waals surface area contributed by atoms with Gasteiger partial charge in [0.15, 0.2) is 37.7 Å². The molecule has 0 bridgehead atoms. The Hall–Kier alpha value is -4.64. The van der Waals surface area contributed by atoms with Crippen molar-refractivity contribution in [2.75, 3.05) is 45.4 Å². The molecule has 7 amide bonds. The number of aliphatic carboxylic acids is 1. The van der Waals surface area contributed by atoms with Gasteiger partial charge in [-0.25, -0.2) is 9.59 Å². The molecule has 8 heterocycles. The number of carbonyl (C=O) groups excluding carboxylic acids is 6. The number of rotatable bonds is 29. The lowest BCUT2D eigenvalue weighted by molar-refractivity contribution is -0.394. The first-order valence-corrected chi connectivity index (χ1v) is 33.0. The van der Waals surface area contributed by atoms with Crippen LogP contribution in [0.2, 0.25) is 0 Å². The van der Waals surface area contributed by atoms with Crippen molar-refractivity contribution < 1.29 is 172 Å². The third-order valence-electron chi connectivity index (χ3n) is 18.1. The van der Waals surface area contributed by atoms with Crippen molar-refractivity contribution >= 4 is 53.3 Å². The van der Waals surface area contributed by atoms with E-state index in [1.54, 1.807) is 11.8 Å². The number of fused-ring (bicyclic) bond motifs is 1. The van der Waals surface area contributed by atoms with Gasteiger partial charge in [0.25, 0.3) is 0 Å². The molecule has 43 heteroatoms. The maximum atomic E-state index is 13.6. The molecule has 0 aromatic carbocycles. The largest absolute Gasteiger partial charge is 0.480 e. The lowest BCUT2D eigenvalue weighted by Gasteiger charge is -2.51. The highest BCUT2D eigenvalue weighted by atomic mass is 32.2. The molecule has 0 aromatic rings. The SMILES string of the molecule is CC(=O)NC1[C@H](OC2C(O)[C@H](O)C(CO)O[C@@H]2O[C@@H]2C(O)[C@H](O[C@@H]3C(CO)O[C@@H](O[C@@H]4C(CO)O[C@@H](NC(=O)CC(NC(=O)CCCCC5SCC6NC(=O)NC65)C(=O)O)C(NC(C)=O)[C@H]4O)C(NC(C)=O)[C@H]3O)OC(CO[C@H]3OC(CO)[C@@H](O)[C@H](O)C3O)[C@H]2O)OC(CO)[C@@H](O)[C@@H]1O. The number of carbonyl (C=O) groups is 7. The predicted molar refractivity (Wildman–Crippen MR) is 318 cm³/mol. The molecule has 0 radical (unpaired) electrons. The number of carboxylic acid groups (broad SMARTS) is 1. The second kappa shape index (κ2) is 35.7. The second-order valence-corrected chi connectivity index (χ2v) is 26.4. The summed E-state index contributed by atoms with van der Waals surface area (Å²) in [7, 11) is 0. The Morgan fingerprint density at radius 2 is 0.970 bits per heavy atom. The van der Waals surface area contributed by atoms with Crippen LogP contribution in [0.15, 0.2) is 0 Å². The number of aliphatic hydroxyl groups is 16. The molecule has 8 fully saturated rings. The number of hydrogen-bond acceptors (Lipinski definition) is 35. The molecule has 42 nitrogen and oxygen atoms in total. The Kier molecular flexibility index (Phi) is 28.9. The van der Waals surface area contributed by atoms with Gasteiger partial charge >= 0.3 is 12.0 Å². The number of hydrogen-bond donors (Lipinski definition) is 24. The Morgan fingerprint density at radius 1 is 0.485 bits per heavy atom. The lowest BCUT2D eigenvalue weighted by atomic mass is 9.93. The third kappa shape index (κ3) is 19.0. The Bertz CT molecular complexity index is 2710. The molecule has 24 N–H and O–H groups in total. The monoisotopic (exact) mass is 1450 g/mol. The van der Waals surface area contributed by atoms with Crippen molar-refractivity contribution in [1.29, 1.82) is 0 Å². The van der Waals surface area contributed by atoms with Gasteiger partial charge in [0, 0.05) is 38.2 Å². The van der Waals surface area contributed by atoms with Gasteiger partial charge in [0.1, 0.15) is 152 Å². The van der Waals surface area contributed by atoms with E-state index in [1.165, 1.54) is 0 Å². The van der Waals surface area contributed by atoms with Crippen LogP contribution in [-0.4, -0.2) is 381 Å². The van der Waals surface area contributed by atoms with Gasteiger partial charge in [-0.05, 0) is 12.8 Å². The van der Waals surface area contributed by atoms with Crippen molar-refractivity contribution in [1.82, 2.24) is 37.2 Å². The maximum Gasteiger partial charge on any atom is 0.326 e. The van der Waals surface area contributed by atoms with Crippen LogP contribution < -0.4 is 37.2 Å². The highest BCUT2D eigenvalue weighted by Crippen LogP contribution is 2.38. The molecule has 0 spiro atoms. The van der Waals surface area contributed by atoms with Gasteiger partial charge in [0.2, 0.25) is 29.5 Å². The summed E-state index contributed by atoms with van der Waals surface area (Å²) in [4.78, 5) is 88.6. The quantitative estimate of drug-likeness (QED) is 0.0244. The van der Waals surface area contributed by atoms with Crippen LogP contribution in [-0.2, 0) is 80.9 Å². The van der Waals surface area contributed by atoms with Crippen LogP contribution in [0.25, 0.3) is 0 Å². The number of amides is 7. The fourth-order valence-corrected chi connectivity index (χ4v) is 14.4. The first-order valence-electron chi connectivity index (χ1n) is 31.9. The van der Waals surface area contributed by atoms with Crippen molar-refractivity contribution in [2.24, 2.45) is 0 Å². The van der Waals surface area contributed by atoms with E-state index in [-0.39, 0.29) is 29.8 Å². The van der Waals surface area contributed by atoms with Gasteiger partial charge in [0.05, 0.1) is 58.1 Å². The van der Waals surface area contributed by atoms with Crippen molar-refractivity contribution in [3.05, 3.63) is 0 Å². The average Bonchev–Trinajstić information content (AvgIpc) is 1.56. The van der Waals surface area contributed by atoms with Gasteiger partial charge in [-0.3, -0.25) is 24.0 Å². The van der Waals surface area contributed by atoms with Crippen molar-refractivity contribution in [3.63, 3.8) is 0 Å². The summed E-state index contributed by atoms with van der Waals surface area (Å²) < 4.78 is 64.9. The van der Waals surface area contributed by atoms with Crippen LogP contribution in [0, 0.1) is 0 Å². The van der Waals surface area contributed by atoms with Gasteiger partial charge in [-0.2, -0.15) is 11.8 Å². The van der Waals surface area contributed by atoms with Crippen LogP contribution in [0.1, 0.15) is 52.9 Å². The summed E-state index contributed by atoms with van der Waals surface area (Å²) in [6.45, 7) is -3.19. The summed E-state index contributed by atoms with van der Waals surface area (Å²) in [6.07, 6.45) is -53.5. The Morgan fingerprint density at radius 3 is 1.56 bits per heavy atom. The molecule has 8 saturated heterocycles. The highest BCUT2D eigenvalue weighted by Gasteiger charge is 2.59. The van der Waals surface area contributed by atoms with Gasteiger partial charge in [-0.15, -0.1) is 0 Å². The topological polar surface area (TPSA) is 649 Å². The Labute approximate surface area is 567 Å². The van der Waals surface area contributed by atoms with E-state index in [2.05, 4.69) is 37.2 Å². The van der Waals surface area contributed by atoms with Crippen molar-refractivity contribution in [2.45, 2.75) is 260 Å². The van der Waals surface area contributed by atoms with Gasteiger partial charge < -0.3 is 176 Å². The normalized spacial score (nSPS) is 43.3. The van der Waals surface area contributed by atoms with E-state index in [4.69, 9.17) is 52.1 Å². The molecule has 8 rings (SSSR count). The number of aliphatic hydroxyl groups excluding tert-OH is 16. The van der Waals surface area contributed by atoms with E-state index in [0.29, 0.717) is 19.3 Å². The van der Waals surface area contributed by atoms with E-state index in [0.717, 1.165) is 26.5 Å². The van der Waals surface area contributed by atoms with E-state index >= 15 is 0 Å². The number of unbranched alkanes of at least 4 members (excludes halogenated alkanes) is 1. The summed E-state index contributed by atoms with van der Waals surface area (Å²) in [5, 5.41) is 204. The maximum absolute atomic E-state index is 13.6. The summed E-state index contributed by atoms with van der Waals surface area (Å²) in [6, 6.07) is -7.47. The summed E-state index contributed by atoms with van der Waals surface area (Å²) in [5.74, 6) is -5.27. The highest BCUT2D eigenvalue weighted by molar-refractivity contribution is 8.00. The minimum Gasteiger partial charge on any atom is -0.480 e. The fourth-order valence-electron chi connectivity index (χ4n) is 12.9. The molecule has 0 saturated carbocycles. The van der Waals surface area contributed by atoms with Crippen LogP contribution in [0.3, 0.4) is 0 Å². The van der Waals surface area contributed by atoms with Crippen LogP contribution in [0.5, 0.6) is 0 Å². The average molecular weight is 1450 g/mol. The van der Waals surface area contributed by atoms with Gasteiger partial charge in [-0.1, -0.05) is 6.42 Å². The number of thioether (sulfide) groups is 1. The third-order valence-corrected chi connectivity index (χ3v) is 19.6. The number of carboxylic acids is 1. The van der Waals surface area contributed by atoms with E-state index < -0.39 is 272 Å².